The van der Waals surface area contributed by atoms with Crippen molar-refractivity contribution in [2.45, 2.75) is 13.3 Å². The third-order valence-electron chi connectivity index (χ3n) is 2.45. The topological polar surface area (TPSA) is 22.0 Å². The molecule has 0 aliphatic carbocycles. The van der Waals surface area contributed by atoms with Gasteiger partial charge in [-0.2, -0.15) is 0 Å². The largest absolute Gasteiger partial charge is 0.291 e. The van der Waals surface area contributed by atoms with Crippen molar-refractivity contribution in [2.75, 3.05) is 0 Å². The molecular weight excluding hydrogens is 186 g/mol. The van der Waals surface area contributed by atoms with E-state index in [0.29, 0.717) is 0 Å². The average molecular weight is 199 g/mol. The molecule has 0 unspecified atom stereocenters. The fourth-order valence-electron chi connectivity index (χ4n) is 1.50. The van der Waals surface area contributed by atoms with Gasteiger partial charge in [-0.25, -0.2) is 0 Å². The molecule has 0 saturated heterocycles. The summed E-state index contributed by atoms with van der Waals surface area (Å²) >= 11 is 0. The van der Waals surface area contributed by atoms with Gasteiger partial charge in [0.15, 0.2) is 0 Å². The third-order valence-corrected chi connectivity index (χ3v) is 2.45. The van der Waals surface area contributed by atoms with Gasteiger partial charge in [0.25, 0.3) is 5.91 Å². The smallest absolute Gasteiger partial charge is 0.261 e. The van der Waals surface area contributed by atoms with Crippen molar-refractivity contribution in [2.24, 2.45) is 0 Å². The number of aryl methyl sites for hydroxylation is 1. The predicted octanol–water partition coefficient (Wildman–Crippen LogP) is 2.74. The molecule has 15 heavy (non-hydrogen) atoms. The number of benzene rings is 1. The summed E-state index contributed by atoms with van der Waals surface area (Å²) in [6, 6.07) is 11.4. The van der Waals surface area contributed by atoms with E-state index in [9.17, 15) is 4.79 Å². The molecule has 0 N–H and O–H groups in total. The fourth-order valence-corrected chi connectivity index (χ4v) is 1.50. The van der Waals surface area contributed by atoms with Crippen LogP contribution in [0, 0.1) is 0 Å². The Kier molecular flexibility index (Phi) is 2.68. The van der Waals surface area contributed by atoms with Gasteiger partial charge in [0.1, 0.15) is 0 Å². The van der Waals surface area contributed by atoms with Crippen molar-refractivity contribution in [1.82, 2.24) is 4.57 Å². The first-order valence-electron chi connectivity index (χ1n) is 5.08. The van der Waals surface area contributed by atoms with E-state index < -0.39 is 0 Å². The molecule has 1 heterocycles. The maximum Gasteiger partial charge on any atom is 0.261 e. The van der Waals surface area contributed by atoms with Crippen LogP contribution in [0.15, 0.2) is 48.8 Å². The Morgan fingerprint density at radius 2 is 1.73 bits per heavy atom. The second kappa shape index (κ2) is 4.13. The first kappa shape index (κ1) is 9.71. The van der Waals surface area contributed by atoms with Gasteiger partial charge >= 0.3 is 0 Å². The Hall–Kier alpha value is -1.83. The SMILES string of the molecule is CCc1ccc(C(=O)n2cccc2)cc1. The Labute approximate surface area is 89.2 Å². The number of hydrogen-bond acceptors (Lipinski definition) is 1. The Balaban J connectivity index is 2.27. The first-order chi connectivity index (χ1) is 7.31. The number of rotatable bonds is 2. The highest BCUT2D eigenvalue weighted by Crippen LogP contribution is 2.07. The number of hydrogen-bond donors (Lipinski definition) is 0. The van der Waals surface area contributed by atoms with Crippen LogP contribution in [0.4, 0.5) is 0 Å². The molecular formula is C13H13NO. The van der Waals surface area contributed by atoms with Gasteiger partial charge in [-0.05, 0) is 36.2 Å². The van der Waals surface area contributed by atoms with Crippen molar-refractivity contribution in [3.05, 3.63) is 59.9 Å². The van der Waals surface area contributed by atoms with Crippen molar-refractivity contribution in [3.63, 3.8) is 0 Å². The zero-order valence-corrected chi connectivity index (χ0v) is 8.68. The zero-order chi connectivity index (χ0) is 10.7. The summed E-state index contributed by atoms with van der Waals surface area (Å²) in [6.07, 6.45) is 4.52. The lowest BCUT2D eigenvalue weighted by Crippen LogP contribution is -2.09. The lowest BCUT2D eigenvalue weighted by atomic mass is 10.1. The summed E-state index contributed by atoms with van der Waals surface area (Å²) in [5.41, 5.74) is 1.97. The maximum absolute atomic E-state index is 11.9. The van der Waals surface area contributed by atoms with Crippen LogP contribution >= 0.6 is 0 Å². The molecule has 2 heteroatoms. The van der Waals surface area contributed by atoms with Crippen LogP contribution in [0.25, 0.3) is 0 Å². The highest BCUT2D eigenvalue weighted by molar-refractivity contribution is 5.95. The number of carbonyl (C=O) groups excluding carboxylic acids is 1. The van der Waals surface area contributed by atoms with E-state index >= 15 is 0 Å². The third kappa shape index (κ3) is 1.99. The van der Waals surface area contributed by atoms with Crippen LogP contribution in [0.1, 0.15) is 22.8 Å². The van der Waals surface area contributed by atoms with Gasteiger partial charge in [-0.15, -0.1) is 0 Å². The minimum atomic E-state index is 0.0163. The summed E-state index contributed by atoms with van der Waals surface area (Å²) in [5.74, 6) is 0.0163. The van der Waals surface area contributed by atoms with Crippen LogP contribution < -0.4 is 0 Å². The molecule has 2 nitrogen and oxygen atoms in total. The molecule has 2 rings (SSSR count). The molecule has 0 aliphatic heterocycles. The summed E-state index contributed by atoms with van der Waals surface area (Å²) in [7, 11) is 0. The molecule has 0 fully saturated rings. The molecule has 1 aromatic heterocycles. The van der Waals surface area contributed by atoms with E-state index in [2.05, 4.69) is 6.92 Å². The van der Waals surface area contributed by atoms with Crippen LogP contribution in [0.3, 0.4) is 0 Å². The number of carbonyl (C=O) groups is 1. The predicted molar refractivity (Wildman–Crippen MR) is 60.0 cm³/mol. The van der Waals surface area contributed by atoms with Crippen molar-refractivity contribution >= 4 is 5.91 Å². The summed E-state index contributed by atoms with van der Waals surface area (Å²) in [5, 5.41) is 0. The van der Waals surface area contributed by atoms with E-state index in [-0.39, 0.29) is 5.91 Å². The summed E-state index contributed by atoms with van der Waals surface area (Å²) < 4.78 is 1.58. The molecule has 0 aliphatic rings. The van der Waals surface area contributed by atoms with Crippen molar-refractivity contribution in [1.29, 1.82) is 0 Å². The standard InChI is InChI=1S/C13H13NO/c1-2-11-5-7-12(8-6-11)13(15)14-9-3-4-10-14/h3-10H,2H2,1H3. The monoisotopic (exact) mass is 199 g/mol. The average Bonchev–Trinajstić information content (AvgIpc) is 2.82. The molecule has 0 radical (unpaired) electrons. The van der Waals surface area contributed by atoms with Crippen molar-refractivity contribution < 1.29 is 4.79 Å². The van der Waals surface area contributed by atoms with Gasteiger partial charge in [-0.1, -0.05) is 19.1 Å². The van der Waals surface area contributed by atoms with Crippen LogP contribution in [0.2, 0.25) is 0 Å². The molecule has 0 atom stereocenters. The molecule has 2 aromatic rings. The summed E-state index contributed by atoms with van der Waals surface area (Å²) in [4.78, 5) is 11.9. The normalized spacial score (nSPS) is 10.2. The number of aromatic nitrogens is 1. The van der Waals surface area contributed by atoms with Crippen LogP contribution in [0.5, 0.6) is 0 Å². The first-order valence-corrected chi connectivity index (χ1v) is 5.08. The minimum Gasteiger partial charge on any atom is -0.291 e. The van der Waals surface area contributed by atoms with Crippen LogP contribution in [-0.4, -0.2) is 10.5 Å². The van der Waals surface area contributed by atoms with Gasteiger partial charge in [-0.3, -0.25) is 9.36 Å². The summed E-state index contributed by atoms with van der Waals surface area (Å²) in [6.45, 7) is 2.10. The second-order valence-electron chi connectivity index (χ2n) is 3.45. The molecule has 0 spiro atoms. The van der Waals surface area contributed by atoms with E-state index in [0.717, 1.165) is 12.0 Å². The van der Waals surface area contributed by atoms with E-state index in [1.54, 1.807) is 17.0 Å². The van der Waals surface area contributed by atoms with Crippen molar-refractivity contribution in [3.8, 4) is 0 Å². The van der Waals surface area contributed by atoms with Crippen LogP contribution in [-0.2, 0) is 6.42 Å². The van der Waals surface area contributed by atoms with Gasteiger partial charge in [0.05, 0.1) is 0 Å². The molecule has 1 aromatic carbocycles. The molecule has 0 bridgehead atoms. The lowest BCUT2D eigenvalue weighted by Gasteiger charge is -2.02. The fraction of sp³-hybridized carbons (Fsp3) is 0.154. The van der Waals surface area contributed by atoms with E-state index in [1.807, 2.05) is 36.4 Å². The lowest BCUT2D eigenvalue weighted by molar-refractivity contribution is 0.0960. The Bertz CT molecular complexity index is 440. The Morgan fingerprint density at radius 3 is 2.27 bits per heavy atom. The van der Waals surface area contributed by atoms with Gasteiger partial charge in [0, 0.05) is 18.0 Å². The van der Waals surface area contributed by atoms with Gasteiger partial charge < -0.3 is 0 Å². The Morgan fingerprint density at radius 1 is 1.13 bits per heavy atom. The van der Waals surface area contributed by atoms with E-state index in [4.69, 9.17) is 0 Å². The highest BCUT2D eigenvalue weighted by Gasteiger charge is 2.05. The number of nitrogens with zero attached hydrogens (tertiary/aromatic N) is 1. The minimum absolute atomic E-state index is 0.0163. The highest BCUT2D eigenvalue weighted by atomic mass is 16.2. The van der Waals surface area contributed by atoms with E-state index in [1.165, 1.54) is 5.56 Å². The molecule has 0 amide bonds. The quantitative estimate of drug-likeness (QED) is 0.729. The van der Waals surface area contributed by atoms with Gasteiger partial charge in [0.2, 0.25) is 0 Å². The zero-order valence-electron chi connectivity index (χ0n) is 8.68. The second-order valence-corrected chi connectivity index (χ2v) is 3.45. The molecule has 0 saturated carbocycles. The molecule has 76 valence electrons. The maximum atomic E-state index is 11.9.